The number of nitrogens with one attached hydrogen (secondary N) is 1. The number of urea groups is 1. The molecule has 24 heavy (non-hydrogen) atoms. The predicted molar refractivity (Wildman–Crippen MR) is 91.0 cm³/mol. The summed E-state index contributed by atoms with van der Waals surface area (Å²) >= 11 is 0. The van der Waals surface area contributed by atoms with Crippen LogP contribution in [-0.4, -0.2) is 17.8 Å². The van der Waals surface area contributed by atoms with Crippen molar-refractivity contribution in [2.75, 3.05) is 4.90 Å². The Morgan fingerprint density at radius 1 is 0.833 bits per heavy atom. The minimum Gasteiger partial charge on any atom is -0.273 e. The Morgan fingerprint density at radius 3 is 2.12 bits per heavy atom. The maximum absolute atomic E-state index is 12.5. The number of barbiturate groups is 1. The lowest BCUT2D eigenvalue weighted by atomic mass is 10.1. The molecule has 0 spiro atoms. The Bertz CT molecular complexity index is 839. The summed E-state index contributed by atoms with van der Waals surface area (Å²) < 4.78 is 0. The van der Waals surface area contributed by atoms with E-state index in [1.807, 2.05) is 30.3 Å². The summed E-state index contributed by atoms with van der Waals surface area (Å²) in [5, 5.41) is 2.18. The molecule has 0 saturated carbocycles. The molecular formula is C19H14N2O3. The van der Waals surface area contributed by atoms with Crippen molar-refractivity contribution in [2.24, 2.45) is 0 Å². The molecule has 1 heterocycles. The fourth-order valence-electron chi connectivity index (χ4n) is 2.31. The number of allylic oxidation sites excluding steroid dienone is 2. The number of para-hydroxylation sites is 1. The summed E-state index contributed by atoms with van der Waals surface area (Å²) in [4.78, 5) is 37.4. The van der Waals surface area contributed by atoms with E-state index in [1.165, 1.54) is 6.08 Å². The Labute approximate surface area is 138 Å². The minimum atomic E-state index is -0.750. The van der Waals surface area contributed by atoms with Gasteiger partial charge in [0.25, 0.3) is 11.8 Å². The highest BCUT2D eigenvalue weighted by molar-refractivity contribution is 6.37. The molecule has 3 rings (SSSR count). The Morgan fingerprint density at radius 2 is 1.46 bits per heavy atom. The van der Waals surface area contributed by atoms with Gasteiger partial charge in [0.2, 0.25) is 0 Å². The van der Waals surface area contributed by atoms with Crippen LogP contribution >= 0.6 is 0 Å². The number of hydrogen-bond donors (Lipinski definition) is 1. The number of hydrogen-bond acceptors (Lipinski definition) is 3. The van der Waals surface area contributed by atoms with Crippen LogP contribution in [0.2, 0.25) is 0 Å². The zero-order valence-corrected chi connectivity index (χ0v) is 12.7. The topological polar surface area (TPSA) is 66.5 Å². The average Bonchev–Trinajstić information content (AvgIpc) is 2.59. The molecule has 0 radical (unpaired) electrons. The van der Waals surface area contributed by atoms with Crippen LogP contribution in [0.25, 0.3) is 6.08 Å². The van der Waals surface area contributed by atoms with Gasteiger partial charge in [0.05, 0.1) is 5.69 Å². The molecule has 2 aromatic carbocycles. The monoisotopic (exact) mass is 318 g/mol. The van der Waals surface area contributed by atoms with Gasteiger partial charge in [-0.3, -0.25) is 14.9 Å². The van der Waals surface area contributed by atoms with E-state index in [0.717, 1.165) is 10.5 Å². The lowest BCUT2D eigenvalue weighted by molar-refractivity contribution is -0.122. The van der Waals surface area contributed by atoms with E-state index in [2.05, 4.69) is 5.32 Å². The van der Waals surface area contributed by atoms with Gasteiger partial charge in [-0.15, -0.1) is 0 Å². The zero-order valence-electron chi connectivity index (χ0n) is 12.7. The fraction of sp³-hybridized carbons (Fsp3) is 0. The highest BCUT2D eigenvalue weighted by atomic mass is 16.2. The van der Waals surface area contributed by atoms with E-state index < -0.39 is 17.8 Å². The van der Waals surface area contributed by atoms with Crippen molar-refractivity contribution in [3.63, 3.8) is 0 Å². The van der Waals surface area contributed by atoms with Gasteiger partial charge in [0.1, 0.15) is 5.57 Å². The van der Waals surface area contributed by atoms with Gasteiger partial charge in [-0.2, -0.15) is 0 Å². The predicted octanol–water partition coefficient (Wildman–Crippen LogP) is 2.91. The third-order valence-electron chi connectivity index (χ3n) is 3.47. The van der Waals surface area contributed by atoms with Crippen molar-refractivity contribution >= 4 is 29.6 Å². The molecule has 0 unspecified atom stereocenters. The molecule has 0 aliphatic carbocycles. The molecule has 1 saturated heterocycles. The summed E-state index contributed by atoms with van der Waals surface area (Å²) in [5.41, 5.74) is 1.25. The van der Waals surface area contributed by atoms with Crippen LogP contribution in [0.3, 0.4) is 0 Å². The van der Waals surface area contributed by atoms with E-state index in [9.17, 15) is 14.4 Å². The highest BCUT2D eigenvalue weighted by Gasteiger charge is 2.36. The van der Waals surface area contributed by atoms with Crippen molar-refractivity contribution < 1.29 is 14.4 Å². The summed E-state index contributed by atoms with van der Waals surface area (Å²) in [6, 6.07) is 17.2. The summed E-state index contributed by atoms with van der Waals surface area (Å²) in [6.07, 6.45) is 4.80. The van der Waals surface area contributed by atoms with E-state index in [1.54, 1.807) is 42.5 Å². The fourth-order valence-corrected chi connectivity index (χ4v) is 2.31. The molecule has 2 aromatic rings. The van der Waals surface area contributed by atoms with Crippen LogP contribution in [0.1, 0.15) is 5.56 Å². The molecule has 1 aliphatic rings. The second-order valence-corrected chi connectivity index (χ2v) is 5.09. The van der Waals surface area contributed by atoms with E-state index >= 15 is 0 Å². The molecule has 4 amide bonds. The second kappa shape index (κ2) is 6.75. The first-order valence-corrected chi connectivity index (χ1v) is 7.35. The first-order valence-electron chi connectivity index (χ1n) is 7.35. The number of carbonyl (C=O) groups excluding carboxylic acids is 3. The van der Waals surface area contributed by atoms with Gasteiger partial charge in [0.15, 0.2) is 0 Å². The maximum atomic E-state index is 12.5. The summed E-state index contributed by atoms with van der Waals surface area (Å²) in [7, 11) is 0. The smallest absolute Gasteiger partial charge is 0.273 e. The van der Waals surface area contributed by atoms with Crippen molar-refractivity contribution in [1.82, 2.24) is 5.32 Å². The van der Waals surface area contributed by atoms with Crippen LogP contribution < -0.4 is 10.2 Å². The van der Waals surface area contributed by atoms with Gasteiger partial charge < -0.3 is 0 Å². The van der Waals surface area contributed by atoms with Crippen LogP contribution in [0.15, 0.2) is 78.4 Å². The average molecular weight is 318 g/mol. The lowest BCUT2D eigenvalue weighted by Gasteiger charge is -2.26. The molecule has 0 bridgehead atoms. The number of nitrogens with zero attached hydrogens (tertiary/aromatic N) is 1. The first-order chi connectivity index (χ1) is 11.7. The number of amides is 4. The number of rotatable bonds is 3. The highest BCUT2D eigenvalue weighted by Crippen LogP contribution is 2.20. The first kappa shape index (κ1) is 15.4. The lowest BCUT2D eigenvalue weighted by Crippen LogP contribution is -2.54. The van der Waals surface area contributed by atoms with E-state index in [0.29, 0.717) is 5.69 Å². The molecule has 5 nitrogen and oxygen atoms in total. The molecule has 0 atom stereocenters. The van der Waals surface area contributed by atoms with Gasteiger partial charge in [0, 0.05) is 0 Å². The quantitative estimate of drug-likeness (QED) is 0.699. The molecule has 1 aliphatic heterocycles. The molecule has 1 fully saturated rings. The van der Waals surface area contributed by atoms with Crippen LogP contribution in [0, 0.1) is 0 Å². The van der Waals surface area contributed by atoms with Crippen LogP contribution in [0.4, 0.5) is 10.5 Å². The normalized spacial score (nSPS) is 16.8. The number of benzene rings is 2. The van der Waals surface area contributed by atoms with Crippen LogP contribution in [-0.2, 0) is 9.59 Å². The molecule has 118 valence electrons. The third kappa shape index (κ3) is 3.15. The molecular weight excluding hydrogens is 304 g/mol. The number of carbonyl (C=O) groups is 3. The standard InChI is InChI=1S/C19H14N2O3/c22-17-16(13-7-10-14-8-3-1-4-9-14)18(23)21(19(24)20-17)15-11-5-2-6-12-15/h1-13H,(H,20,22,24)/b10-7+,16-13-. The second-order valence-electron chi connectivity index (χ2n) is 5.09. The summed E-state index contributed by atoms with van der Waals surface area (Å²) in [5.74, 6) is -1.34. The molecule has 5 heteroatoms. The Hall–Kier alpha value is -3.47. The van der Waals surface area contributed by atoms with Crippen LogP contribution in [0.5, 0.6) is 0 Å². The molecule has 0 aromatic heterocycles. The number of imide groups is 2. The van der Waals surface area contributed by atoms with E-state index in [4.69, 9.17) is 0 Å². The Balaban J connectivity index is 1.88. The van der Waals surface area contributed by atoms with Crippen molar-refractivity contribution in [3.8, 4) is 0 Å². The zero-order chi connectivity index (χ0) is 16.9. The summed E-state index contributed by atoms with van der Waals surface area (Å²) in [6.45, 7) is 0. The van der Waals surface area contributed by atoms with Gasteiger partial charge in [-0.05, 0) is 23.8 Å². The van der Waals surface area contributed by atoms with E-state index in [-0.39, 0.29) is 5.57 Å². The van der Waals surface area contributed by atoms with Crippen molar-refractivity contribution in [3.05, 3.63) is 84.0 Å². The van der Waals surface area contributed by atoms with Gasteiger partial charge in [-0.25, -0.2) is 9.69 Å². The SMILES string of the molecule is O=C1NC(=O)N(c2ccccc2)C(=O)/C1=C\C=C\c1ccccc1. The van der Waals surface area contributed by atoms with Crippen molar-refractivity contribution in [2.45, 2.75) is 0 Å². The third-order valence-corrected chi connectivity index (χ3v) is 3.47. The van der Waals surface area contributed by atoms with Crippen molar-refractivity contribution in [1.29, 1.82) is 0 Å². The van der Waals surface area contributed by atoms with Gasteiger partial charge >= 0.3 is 6.03 Å². The molecule has 1 N–H and O–H groups in total. The maximum Gasteiger partial charge on any atom is 0.335 e. The minimum absolute atomic E-state index is 0.0920. The Kier molecular flexibility index (Phi) is 4.34. The largest absolute Gasteiger partial charge is 0.335 e. The van der Waals surface area contributed by atoms with Gasteiger partial charge in [-0.1, -0.05) is 60.7 Å². The number of anilines is 1.